The van der Waals surface area contributed by atoms with Crippen LogP contribution < -0.4 is 21.3 Å². The lowest BCUT2D eigenvalue weighted by Crippen LogP contribution is -2.57. The lowest BCUT2D eigenvalue weighted by atomic mass is 10.0. The van der Waals surface area contributed by atoms with Crippen molar-refractivity contribution in [3.8, 4) is 0 Å². The maximum absolute atomic E-state index is 13.2. The molecule has 1 fully saturated rings. The number of aromatic amines is 1. The molecule has 0 radical (unpaired) electrons. The number of nitrogens with one attached hydrogen (secondary N) is 5. The fourth-order valence-corrected chi connectivity index (χ4v) is 4.01. The summed E-state index contributed by atoms with van der Waals surface area (Å²) >= 11 is 4.13. The minimum absolute atomic E-state index is 0.0398. The maximum atomic E-state index is 13.2. The number of benzene rings is 1. The maximum Gasteiger partial charge on any atom is 0.325 e. The summed E-state index contributed by atoms with van der Waals surface area (Å²) in [5.41, 5.74) is 1.75. The lowest BCUT2D eigenvalue weighted by molar-refractivity contribution is -0.141. The number of fused-ring (bicyclic) bond motifs is 1. The van der Waals surface area contributed by atoms with Crippen molar-refractivity contribution in [2.75, 3.05) is 12.3 Å². The van der Waals surface area contributed by atoms with Crippen LogP contribution in [0.4, 0.5) is 0 Å². The van der Waals surface area contributed by atoms with Crippen molar-refractivity contribution in [1.29, 1.82) is 0 Å². The molecule has 2 heterocycles. The quantitative estimate of drug-likeness (QED) is 0.239. The number of aromatic nitrogens is 1. The van der Waals surface area contributed by atoms with Crippen LogP contribution in [-0.4, -0.2) is 70.2 Å². The molecule has 0 saturated carbocycles. The fourth-order valence-electron chi connectivity index (χ4n) is 3.75. The highest BCUT2D eigenvalue weighted by Crippen LogP contribution is 2.19. The molecule has 0 aliphatic carbocycles. The molecule has 6 N–H and O–H groups in total. The summed E-state index contributed by atoms with van der Waals surface area (Å²) in [5.74, 6) is -2.73. The van der Waals surface area contributed by atoms with Gasteiger partial charge in [-0.2, -0.15) is 12.6 Å². The van der Waals surface area contributed by atoms with E-state index < -0.39 is 35.9 Å². The third-order valence-corrected chi connectivity index (χ3v) is 6.02. The van der Waals surface area contributed by atoms with Gasteiger partial charge in [0.2, 0.25) is 17.7 Å². The first-order valence-electron chi connectivity index (χ1n) is 10.8. The van der Waals surface area contributed by atoms with Crippen molar-refractivity contribution in [2.24, 2.45) is 0 Å². The lowest BCUT2D eigenvalue weighted by Gasteiger charge is -2.24. The van der Waals surface area contributed by atoms with Gasteiger partial charge in [-0.3, -0.25) is 19.2 Å². The van der Waals surface area contributed by atoms with Gasteiger partial charge in [0.25, 0.3) is 0 Å². The van der Waals surface area contributed by atoms with Gasteiger partial charge in [-0.1, -0.05) is 18.2 Å². The number of para-hydroxylation sites is 1. The van der Waals surface area contributed by atoms with E-state index in [4.69, 9.17) is 5.11 Å². The van der Waals surface area contributed by atoms with Gasteiger partial charge in [0.05, 0.1) is 6.04 Å². The predicted molar refractivity (Wildman–Crippen MR) is 126 cm³/mol. The van der Waals surface area contributed by atoms with E-state index in [-0.39, 0.29) is 24.1 Å². The van der Waals surface area contributed by atoms with Crippen molar-refractivity contribution in [1.82, 2.24) is 26.3 Å². The van der Waals surface area contributed by atoms with Gasteiger partial charge in [0.15, 0.2) is 0 Å². The Morgan fingerprint density at radius 3 is 2.52 bits per heavy atom. The Bertz CT molecular complexity index is 1020. The zero-order valence-corrected chi connectivity index (χ0v) is 19.2. The van der Waals surface area contributed by atoms with Crippen LogP contribution in [-0.2, 0) is 25.6 Å². The van der Waals surface area contributed by atoms with Crippen LogP contribution in [0.1, 0.15) is 25.3 Å². The van der Waals surface area contributed by atoms with Crippen LogP contribution in [0.3, 0.4) is 0 Å². The second kappa shape index (κ2) is 11.2. The molecule has 3 amide bonds. The second-order valence-electron chi connectivity index (χ2n) is 8.09. The normalized spacial score (nSPS) is 18.3. The highest BCUT2D eigenvalue weighted by Gasteiger charge is 2.31. The van der Waals surface area contributed by atoms with Gasteiger partial charge in [-0.15, -0.1) is 0 Å². The summed E-state index contributed by atoms with van der Waals surface area (Å²) < 4.78 is 0. The third kappa shape index (κ3) is 6.26. The first-order valence-corrected chi connectivity index (χ1v) is 11.5. The Hall–Kier alpha value is -3.05. The minimum Gasteiger partial charge on any atom is -0.480 e. The van der Waals surface area contributed by atoms with Crippen LogP contribution in [0.5, 0.6) is 0 Å². The van der Waals surface area contributed by atoms with E-state index in [1.54, 1.807) is 6.20 Å². The van der Waals surface area contributed by atoms with Crippen molar-refractivity contribution in [3.05, 3.63) is 36.0 Å². The number of H-pyrrole nitrogens is 1. The van der Waals surface area contributed by atoms with Crippen molar-refractivity contribution in [3.63, 3.8) is 0 Å². The number of rotatable bonds is 10. The van der Waals surface area contributed by atoms with Crippen LogP contribution in [0.25, 0.3) is 10.9 Å². The smallest absolute Gasteiger partial charge is 0.325 e. The minimum atomic E-state index is -1.19. The summed E-state index contributed by atoms with van der Waals surface area (Å²) in [5, 5.41) is 20.8. The number of aliphatic carboxylic acids is 1. The molecular weight excluding hydrogens is 446 g/mol. The van der Waals surface area contributed by atoms with Crippen LogP contribution >= 0.6 is 12.6 Å². The Kier molecular flexibility index (Phi) is 8.34. The van der Waals surface area contributed by atoms with Crippen LogP contribution in [0.2, 0.25) is 0 Å². The molecule has 0 spiro atoms. The number of carbonyl (C=O) groups is 4. The van der Waals surface area contributed by atoms with Gasteiger partial charge in [0, 0.05) is 29.3 Å². The molecule has 1 aliphatic rings. The molecule has 1 aliphatic heterocycles. The van der Waals surface area contributed by atoms with Gasteiger partial charge in [0.1, 0.15) is 18.1 Å². The monoisotopic (exact) mass is 475 g/mol. The molecule has 2 aromatic rings. The molecule has 11 heteroatoms. The summed E-state index contributed by atoms with van der Waals surface area (Å²) in [7, 11) is 0. The number of carboxylic acid groups (broad SMARTS) is 1. The standard InChI is InChI=1S/C22H29N5O5S/c1-12(22(31)32)25-21(30)18(11-33)27-20(29)17(26-19(28)16-7-4-8-23-16)9-13-10-24-15-6-3-2-5-14(13)15/h2-3,5-6,10,12,16-18,23-24,33H,4,7-9,11H2,1H3,(H,25,30)(H,26,28)(H,27,29)(H,31,32). The molecule has 1 saturated heterocycles. The van der Waals surface area contributed by atoms with E-state index in [9.17, 15) is 19.2 Å². The van der Waals surface area contributed by atoms with E-state index in [2.05, 4.69) is 38.9 Å². The second-order valence-corrected chi connectivity index (χ2v) is 8.45. The Morgan fingerprint density at radius 2 is 1.85 bits per heavy atom. The largest absolute Gasteiger partial charge is 0.480 e. The van der Waals surface area contributed by atoms with E-state index in [1.807, 2.05) is 24.3 Å². The van der Waals surface area contributed by atoms with Crippen LogP contribution in [0.15, 0.2) is 30.5 Å². The Morgan fingerprint density at radius 1 is 1.12 bits per heavy atom. The highest BCUT2D eigenvalue weighted by atomic mass is 32.1. The SMILES string of the molecule is CC(NC(=O)C(CS)NC(=O)C(Cc1c[nH]c2ccccc12)NC(=O)C1CCCN1)C(=O)O. The molecule has 0 bridgehead atoms. The number of amides is 3. The third-order valence-electron chi connectivity index (χ3n) is 5.65. The predicted octanol–water partition coefficient (Wildman–Crippen LogP) is -0.0489. The highest BCUT2D eigenvalue weighted by molar-refractivity contribution is 7.80. The number of carboxylic acids is 1. The molecule has 3 rings (SSSR count). The first-order chi connectivity index (χ1) is 15.8. The zero-order valence-electron chi connectivity index (χ0n) is 18.3. The van der Waals surface area contributed by atoms with E-state index in [0.717, 1.165) is 29.4 Å². The number of hydrogen-bond donors (Lipinski definition) is 7. The van der Waals surface area contributed by atoms with Gasteiger partial charge >= 0.3 is 5.97 Å². The number of thiol groups is 1. The van der Waals surface area contributed by atoms with E-state index in [0.29, 0.717) is 6.42 Å². The average Bonchev–Trinajstić information content (AvgIpc) is 3.47. The molecule has 1 aromatic carbocycles. The summed E-state index contributed by atoms with van der Waals surface area (Å²) in [6, 6.07) is 4.14. The van der Waals surface area contributed by atoms with Gasteiger partial charge in [-0.05, 0) is 37.9 Å². The van der Waals surface area contributed by atoms with E-state index >= 15 is 0 Å². The fraction of sp³-hybridized carbons (Fsp3) is 0.455. The van der Waals surface area contributed by atoms with Gasteiger partial charge in [-0.25, -0.2) is 0 Å². The number of hydrogen-bond acceptors (Lipinski definition) is 6. The van der Waals surface area contributed by atoms with Crippen molar-refractivity contribution >= 4 is 47.2 Å². The van der Waals surface area contributed by atoms with Crippen LogP contribution in [0, 0.1) is 0 Å². The molecule has 10 nitrogen and oxygen atoms in total. The van der Waals surface area contributed by atoms with Crippen molar-refractivity contribution < 1.29 is 24.3 Å². The van der Waals surface area contributed by atoms with Gasteiger partial charge < -0.3 is 31.4 Å². The Balaban J connectivity index is 1.76. The summed E-state index contributed by atoms with van der Waals surface area (Å²) in [6.45, 7) is 2.06. The molecule has 1 aromatic heterocycles. The molecule has 178 valence electrons. The average molecular weight is 476 g/mol. The topological polar surface area (TPSA) is 152 Å². The first kappa shape index (κ1) is 24.6. The molecular formula is C22H29N5O5S. The van der Waals surface area contributed by atoms with Crippen molar-refractivity contribution in [2.45, 2.75) is 50.4 Å². The zero-order chi connectivity index (χ0) is 24.0. The Labute approximate surface area is 196 Å². The summed E-state index contributed by atoms with van der Waals surface area (Å²) in [4.78, 5) is 52.5. The van der Waals surface area contributed by atoms with E-state index in [1.165, 1.54) is 6.92 Å². The molecule has 33 heavy (non-hydrogen) atoms. The molecule has 4 unspecified atom stereocenters. The number of carbonyl (C=O) groups excluding carboxylic acids is 3. The summed E-state index contributed by atoms with van der Waals surface area (Å²) in [6.07, 6.45) is 3.56. The molecule has 4 atom stereocenters.